The van der Waals surface area contributed by atoms with Crippen LogP contribution >= 0.6 is 23.2 Å². The van der Waals surface area contributed by atoms with Crippen LogP contribution in [-0.2, 0) is 0 Å². The van der Waals surface area contributed by atoms with Gasteiger partial charge in [0.2, 0.25) is 0 Å². The van der Waals surface area contributed by atoms with Gasteiger partial charge in [-0.3, -0.25) is 0 Å². The number of rotatable bonds is 3. The molecule has 0 aliphatic rings. The molecule has 18 heavy (non-hydrogen) atoms. The van der Waals surface area contributed by atoms with Gasteiger partial charge in [-0.1, -0.05) is 35.3 Å². The van der Waals surface area contributed by atoms with Gasteiger partial charge in [-0.25, -0.2) is 4.39 Å². The monoisotopic (exact) mass is 283 g/mol. The molecule has 4 heteroatoms. The van der Waals surface area contributed by atoms with Crippen LogP contribution in [0, 0.1) is 5.82 Å². The zero-order valence-electron chi connectivity index (χ0n) is 9.75. The van der Waals surface area contributed by atoms with Crippen molar-refractivity contribution in [2.75, 3.05) is 5.32 Å². The average Bonchev–Trinajstić information content (AvgIpc) is 2.34. The second-order valence-electron chi connectivity index (χ2n) is 4.05. The van der Waals surface area contributed by atoms with Crippen molar-refractivity contribution in [2.45, 2.75) is 13.0 Å². The Kier molecular flexibility index (Phi) is 4.10. The van der Waals surface area contributed by atoms with E-state index in [1.165, 1.54) is 18.2 Å². The van der Waals surface area contributed by atoms with E-state index in [4.69, 9.17) is 23.2 Å². The van der Waals surface area contributed by atoms with Crippen LogP contribution in [0.4, 0.5) is 10.1 Å². The maximum absolute atomic E-state index is 13.1. The van der Waals surface area contributed by atoms with Crippen molar-refractivity contribution in [3.8, 4) is 0 Å². The fraction of sp³-hybridized carbons (Fsp3) is 0.143. The van der Waals surface area contributed by atoms with Crippen LogP contribution in [0.15, 0.2) is 42.5 Å². The molecule has 0 heterocycles. The van der Waals surface area contributed by atoms with E-state index in [1.807, 2.05) is 31.2 Å². The molecule has 2 aromatic carbocycles. The lowest BCUT2D eigenvalue weighted by Gasteiger charge is -2.17. The van der Waals surface area contributed by atoms with Gasteiger partial charge in [0.15, 0.2) is 0 Å². The summed E-state index contributed by atoms with van der Waals surface area (Å²) in [6.45, 7) is 1.97. The van der Waals surface area contributed by atoms with E-state index in [0.29, 0.717) is 15.7 Å². The first-order valence-corrected chi connectivity index (χ1v) is 6.29. The Balaban J connectivity index is 2.21. The second-order valence-corrected chi connectivity index (χ2v) is 4.89. The van der Waals surface area contributed by atoms with E-state index in [9.17, 15) is 4.39 Å². The molecule has 1 unspecified atom stereocenters. The van der Waals surface area contributed by atoms with E-state index in [2.05, 4.69) is 5.32 Å². The van der Waals surface area contributed by atoms with Gasteiger partial charge < -0.3 is 5.32 Å². The molecule has 0 radical (unpaired) electrons. The minimum absolute atomic E-state index is 0.0111. The highest BCUT2D eigenvalue weighted by molar-refractivity contribution is 6.33. The fourth-order valence-corrected chi connectivity index (χ4v) is 2.07. The third-order valence-corrected chi connectivity index (χ3v) is 3.21. The molecule has 1 nitrogen and oxygen atoms in total. The predicted molar refractivity (Wildman–Crippen MR) is 74.9 cm³/mol. The van der Waals surface area contributed by atoms with E-state index >= 15 is 0 Å². The molecule has 1 atom stereocenters. The van der Waals surface area contributed by atoms with Gasteiger partial charge in [-0.05, 0) is 42.8 Å². The van der Waals surface area contributed by atoms with Gasteiger partial charge in [0.05, 0.1) is 10.7 Å². The quantitative estimate of drug-likeness (QED) is 0.805. The molecule has 2 aromatic rings. The number of benzene rings is 2. The van der Waals surface area contributed by atoms with E-state index in [1.54, 1.807) is 0 Å². The average molecular weight is 284 g/mol. The maximum Gasteiger partial charge on any atom is 0.125 e. The zero-order valence-corrected chi connectivity index (χ0v) is 11.3. The number of hydrogen-bond donors (Lipinski definition) is 1. The standard InChI is InChI=1S/C14H12Cl2FN/c1-9(10-3-2-4-11(15)7-10)18-14-8-12(17)5-6-13(14)16/h2-9,18H,1H3. The third-order valence-electron chi connectivity index (χ3n) is 2.65. The lowest BCUT2D eigenvalue weighted by atomic mass is 10.1. The third kappa shape index (κ3) is 3.15. The summed E-state index contributed by atoms with van der Waals surface area (Å²) in [7, 11) is 0. The molecule has 0 spiro atoms. The van der Waals surface area contributed by atoms with Crippen molar-refractivity contribution in [3.63, 3.8) is 0 Å². The predicted octanol–water partition coefficient (Wildman–Crippen LogP) is 5.31. The molecule has 0 aromatic heterocycles. The molecular weight excluding hydrogens is 272 g/mol. The highest BCUT2D eigenvalue weighted by atomic mass is 35.5. The van der Waals surface area contributed by atoms with Gasteiger partial charge in [-0.2, -0.15) is 0 Å². The molecule has 0 saturated heterocycles. The molecule has 0 amide bonds. The Bertz CT molecular complexity index is 557. The van der Waals surface area contributed by atoms with Crippen molar-refractivity contribution >= 4 is 28.9 Å². The Morgan fingerprint density at radius 2 is 1.89 bits per heavy atom. The molecule has 0 bridgehead atoms. The molecule has 0 saturated carbocycles. The molecule has 1 N–H and O–H groups in total. The number of halogens is 3. The smallest absolute Gasteiger partial charge is 0.125 e. The SMILES string of the molecule is CC(Nc1cc(F)ccc1Cl)c1cccc(Cl)c1. The Morgan fingerprint density at radius 1 is 1.11 bits per heavy atom. The molecular formula is C14H12Cl2FN. The molecule has 0 fully saturated rings. The maximum atomic E-state index is 13.1. The van der Waals surface area contributed by atoms with Crippen molar-refractivity contribution in [2.24, 2.45) is 0 Å². The van der Waals surface area contributed by atoms with Crippen LogP contribution in [0.25, 0.3) is 0 Å². The lowest BCUT2D eigenvalue weighted by molar-refractivity contribution is 0.628. The van der Waals surface area contributed by atoms with Crippen molar-refractivity contribution in [1.82, 2.24) is 0 Å². The van der Waals surface area contributed by atoms with Crippen molar-refractivity contribution in [3.05, 3.63) is 63.9 Å². The van der Waals surface area contributed by atoms with Gasteiger partial charge in [0.25, 0.3) is 0 Å². The van der Waals surface area contributed by atoms with Crippen LogP contribution < -0.4 is 5.32 Å². The summed E-state index contributed by atoms with van der Waals surface area (Å²) in [6.07, 6.45) is 0. The Labute approximate surface area is 116 Å². The van der Waals surface area contributed by atoms with Gasteiger partial charge in [-0.15, -0.1) is 0 Å². The lowest BCUT2D eigenvalue weighted by Crippen LogP contribution is -2.07. The molecule has 0 aliphatic carbocycles. The van der Waals surface area contributed by atoms with Gasteiger partial charge in [0.1, 0.15) is 5.82 Å². The zero-order chi connectivity index (χ0) is 13.1. The van der Waals surface area contributed by atoms with Crippen molar-refractivity contribution < 1.29 is 4.39 Å². The van der Waals surface area contributed by atoms with Crippen LogP contribution in [0.1, 0.15) is 18.5 Å². The number of nitrogens with one attached hydrogen (secondary N) is 1. The van der Waals surface area contributed by atoms with E-state index in [0.717, 1.165) is 5.56 Å². The topological polar surface area (TPSA) is 12.0 Å². The number of hydrogen-bond acceptors (Lipinski definition) is 1. The van der Waals surface area contributed by atoms with Gasteiger partial charge in [0, 0.05) is 11.1 Å². The highest BCUT2D eigenvalue weighted by Gasteiger charge is 2.08. The molecule has 94 valence electrons. The largest absolute Gasteiger partial charge is 0.377 e. The fourth-order valence-electron chi connectivity index (χ4n) is 1.70. The summed E-state index contributed by atoms with van der Waals surface area (Å²) < 4.78 is 13.1. The Hall–Kier alpha value is -1.25. The molecule has 0 aliphatic heterocycles. The summed E-state index contributed by atoms with van der Waals surface area (Å²) in [4.78, 5) is 0. The first kappa shape index (κ1) is 13.2. The Morgan fingerprint density at radius 3 is 2.61 bits per heavy atom. The molecule has 2 rings (SSSR count). The minimum atomic E-state index is -0.319. The summed E-state index contributed by atoms with van der Waals surface area (Å²) in [6, 6.07) is 11.7. The highest BCUT2D eigenvalue weighted by Crippen LogP contribution is 2.27. The second kappa shape index (κ2) is 5.59. The van der Waals surface area contributed by atoms with Gasteiger partial charge >= 0.3 is 0 Å². The van der Waals surface area contributed by atoms with Crippen LogP contribution in [0.5, 0.6) is 0 Å². The normalized spacial score (nSPS) is 12.2. The minimum Gasteiger partial charge on any atom is -0.377 e. The number of anilines is 1. The first-order valence-electron chi connectivity index (χ1n) is 5.53. The summed E-state index contributed by atoms with van der Waals surface area (Å²) in [5, 5.41) is 4.33. The van der Waals surface area contributed by atoms with E-state index < -0.39 is 0 Å². The van der Waals surface area contributed by atoms with Crippen molar-refractivity contribution in [1.29, 1.82) is 0 Å². The summed E-state index contributed by atoms with van der Waals surface area (Å²) in [5.74, 6) is -0.319. The van der Waals surface area contributed by atoms with Crippen LogP contribution in [0.2, 0.25) is 10.0 Å². The first-order chi connectivity index (χ1) is 8.56. The summed E-state index contributed by atoms with van der Waals surface area (Å²) >= 11 is 11.9. The van der Waals surface area contributed by atoms with E-state index in [-0.39, 0.29) is 11.9 Å². The summed E-state index contributed by atoms with van der Waals surface area (Å²) in [5.41, 5.74) is 1.59. The van der Waals surface area contributed by atoms with Crippen LogP contribution in [0.3, 0.4) is 0 Å². The van der Waals surface area contributed by atoms with Crippen LogP contribution in [-0.4, -0.2) is 0 Å².